The largest absolute Gasteiger partial charge is 0.354 e. The lowest BCUT2D eigenvalue weighted by Crippen LogP contribution is -2.29. The van der Waals surface area contributed by atoms with Gasteiger partial charge in [-0.1, -0.05) is 48.9 Å². The summed E-state index contributed by atoms with van der Waals surface area (Å²) in [5.41, 5.74) is 7.33. The molecule has 3 aromatic carbocycles. The first-order chi connectivity index (χ1) is 20.0. The number of carbonyl (C=O) groups excluding carboxylic acids is 2. The van der Waals surface area contributed by atoms with Gasteiger partial charge in [0, 0.05) is 40.0 Å². The molecule has 0 saturated carbocycles. The molecule has 2 aliphatic rings. The smallest absolute Gasteiger partial charge is 0.258 e. The molecule has 7 heteroatoms. The number of piperidine rings is 1. The van der Waals surface area contributed by atoms with E-state index >= 15 is 0 Å². The molecule has 41 heavy (non-hydrogen) atoms. The van der Waals surface area contributed by atoms with Crippen molar-refractivity contribution < 1.29 is 9.59 Å². The van der Waals surface area contributed by atoms with Crippen LogP contribution in [0.2, 0.25) is 0 Å². The van der Waals surface area contributed by atoms with Crippen LogP contribution in [-0.2, 0) is 11.3 Å². The number of hydrogen-bond donors (Lipinski definition) is 3. The van der Waals surface area contributed by atoms with E-state index in [-0.39, 0.29) is 17.9 Å². The maximum atomic E-state index is 13.4. The van der Waals surface area contributed by atoms with Gasteiger partial charge in [0.15, 0.2) is 0 Å². The molecule has 1 fully saturated rings. The molecule has 4 aromatic rings. The summed E-state index contributed by atoms with van der Waals surface area (Å²) in [4.78, 5) is 29.2. The number of likely N-dealkylation sites (tertiary alicyclic amines) is 1. The summed E-state index contributed by atoms with van der Waals surface area (Å²) in [5, 5.41) is 13.7. The first kappa shape index (κ1) is 27.0. The van der Waals surface area contributed by atoms with Crippen molar-refractivity contribution in [1.82, 2.24) is 10.2 Å². The zero-order valence-corrected chi connectivity index (χ0v) is 24.0. The highest BCUT2D eigenvalue weighted by atomic mass is 32.1. The number of fused-ring (bicyclic) bond motifs is 1. The van der Waals surface area contributed by atoms with E-state index in [1.807, 2.05) is 72.3 Å². The molecule has 0 bridgehead atoms. The summed E-state index contributed by atoms with van der Waals surface area (Å²) in [5.74, 6) is -0.369. The van der Waals surface area contributed by atoms with Crippen LogP contribution in [0, 0.1) is 0 Å². The second-order valence-corrected chi connectivity index (χ2v) is 11.5. The van der Waals surface area contributed by atoms with Gasteiger partial charge in [-0.15, -0.1) is 0 Å². The predicted molar refractivity (Wildman–Crippen MR) is 168 cm³/mol. The molecule has 2 amide bonds. The summed E-state index contributed by atoms with van der Waals surface area (Å²) in [6, 6.07) is 25.6. The average molecular weight is 563 g/mol. The Bertz CT molecular complexity index is 1570. The lowest BCUT2D eigenvalue weighted by atomic mass is 9.99. The molecule has 3 N–H and O–H groups in total. The molecule has 0 radical (unpaired) electrons. The van der Waals surface area contributed by atoms with Crippen LogP contribution in [0.5, 0.6) is 0 Å². The first-order valence-electron chi connectivity index (χ1n) is 14.2. The van der Waals surface area contributed by atoms with E-state index in [0.717, 1.165) is 42.1 Å². The Kier molecular flexibility index (Phi) is 7.98. The number of rotatable bonds is 8. The van der Waals surface area contributed by atoms with Crippen molar-refractivity contribution in [2.75, 3.05) is 23.7 Å². The van der Waals surface area contributed by atoms with E-state index in [1.54, 1.807) is 17.4 Å². The summed E-state index contributed by atoms with van der Waals surface area (Å²) in [7, 11) is 0. The zero-order valence-electron chi connectivity index (χ0n) is 23.2. The van der Waals surface area contributed by atoms with E-state index in [4.69, 9.17) is 0 Å². The summed E-state index contributed by atoms with van der Waals surface area (Å²) in [6.45, 7) is 5.16. The quantitative estimate of drug-likeness (QED) is 0.199. The SMILES string of the molecule is C[C@@H](NC(=O)c1ccc2c(c1)/C(=C(/Nc1cccc(CN3CCCCC3)c1)c1ccsc1)C(=O)N2)c1ccccc1. The van der Waals surface area contributed by atoms with E-state index in [9.17, 15) is 9.59 Å². The number of benzene rings is 3. The highest BCUT2D eigenvalue weighted by Gasteiger charge is 2.30. The number of nitrogens with one attached hydrogen (secondary N) is 3. The zero-order chi connectivity index (χ0) is 28.2. The van der Waals surface area contributed by atoms with Crippen molar-refractivity contribution in [1.29, 1.82) is 0 Å². The van der Waals surface area contributed by atoms with Crippen molar-refractivity contribution >= 4 is 45.8 Å². The summed E-state index contributed by atoms with van der Waals surface area (Å²) in [6.07, 6.45) is 3.83. The molecule has 6 nitrogen and oxygen atoms in total. The average Bonchev–Trinajstić information content (AvgIpc) is 3.64. The van der Waals surface area contributed by atoms with Crippen LogP contribution < -0.4 is 16.0 Å². The maximum Gasteiger partial charge on any atom is 0.258 e. The predicted octanol–water partition coefficient (Wildman–Crippen LogP) is 7.16. The number of hydrogen-bond acceptors (Lipinski definition) is 5. The standard InChI is InChI=1S/C34H34N4O2S/c1-23(25-10-4-2-5-11-25)35-33(39)26-13-14-30-29(20-26)31(34(40)37-30)32(27-15-18-41-22-27)36-28-12-8-9-24(19-28)21-38-16-6-3-7-17-38/h2,4-5,8-15,18-20,22-23,36H,3,6-7,16-17,21H2,1H3,(H,35,39)(H,37,40)/b32-31-/t23-/m1/s1. The van der Waals surface area contributed by atoms with Gasteiger partial charge < -0.3 is 16.0 Å². The van der Waals surface area contributed by atoms with Crippen molar-refractivity contribution in [3.63, 3.8) is 0 Å². The van der Waals surface area contributed by atoms with Crippen molar-refractivity contribution in [3.05, 3.63) is 117 Å². The van der Waals surface area contributed by atoms with Crippen LogP contribution in [0.15, 0.2) is 89.6 Å². The van der Waals surface area contributed by atoms with Crippen LogP contribution in [0.3, 0.4) is 0 Å². The van der Waals surface area contributed by atoms with Gasteiger partial charge in [-0.25, -0.2) is 0 Å². The Labute approximate surface area is 245 Å². The second kappa shape index (κ2) is 12.1. The molecule has 1 aromatic heterocycles. The fraction of sp³-hybridized carbons (Fsp3) is 0.235. The van der Waals surface area contributed by atoms with Gasteiger partial charge in [-0.2, -0.15) is 11.3 Å². The third-order valence-electron chi connectivity index (χ3n) is 7.78. The molecule has 1 atom stereocenters. The van der Waals surface area contributed by atoms with Gasteiger partial charge in [-0.3, -0.25) is 14.5 Å². The third kappa shape index (κ3) is 6.11. The van der Waals surface area contributed by atoms with E-state index in [2.05, 4.69) is 39.0 Å². The van der Waals surface area contributed by atoms with Gasteiger partial charge in [0.1, 0.15) is 0 Å². The van der Waals surface area contributed by atoms with Crippen molar-refractivity contribution in [2.45, 2.75) is 38.8 Å². The van der Waals surface area contributed by atoms with Gasteiger partial charge in [-0.05, 0) is 85.8 Å². The highest BCUT2D eigenvalue weighted by molar-refractivity contribution is 7.08. The molecule has 3 heterocycles. The third-order valence-corrected chi connectivity index (χ3v) is 8.47. The molecule has 208 valence electrons. The molecule has 2 aliphatic heterocycles. The van der Waals surface area contributed by atoms with Crippen LogP contribution in [0.4, 0.5) is 11.4 Å². The number of carbonyl (C=O) groups is 2. The van der Waals surface area contributed by atoms with Crippen LogP contribution >= 0.6 is 11.3 Å². The maximum absolute atomic E-state index is 13.4. The fourth-order valence-electron chi connectivity index (χ4n) is 5.61. The van der Waals surface area contributed by atoms with Crippen molar-refractivity contribution in [2.24, 2.45) is 0 Å². The Morgan fingerprint density at radius 1 is 0.951 bits per heavy atom. The van der Waals surface area contributed by atoms with Gasteiger partial charge in [0.05, 0.1) is 17.3 Å². The molecule has 0 unspecified atom stereocenters. The number of thiophene rings is 1. The van der Waals surface area contributed by atoms with E-state index in [1.165, 1.54) is 24.8 Å². The van der Waals surface area contributed by atoms with Gasteiger partial charge in [0.2, 0.25) is 0 Å². The lowest BCUT2D eigenvalue weighted by Gasteiger charge is -2.26. The van der Waals surface area contributed by atoms with Crippen LogP contribution in [0.25, 0.3) is 11.3 Å². The first-order valence-corrected chi connectivity index (χ1v) is 15.2. The van der Waals surface area contributed by atoms with E-state index in [0.29, 0.717) is 22.4 Å². The molecule has 0 spiro atoms. The fourth-order valence-corrected chi connectivity index (χ4v) is 6.26. The summed E-state index contributed by atoms with van der Waals surface area (Å²) >= 11 is 1.58. The minimum Gasteiger partial charge on any atom is -0.354 e. The second-order valence-electron chi connectivity index (χ2n) is 10.7. The van der Waals surface area contributed by atoms with Crippen LogP contribution in [-0.4, -0.2) is 29.8 Å². The lowest BCUT2D eigenvalue weighted by molar-refractivity contribution is -0.110. The van der Waals surface area contributed by atoms with Crippen molar-refractivity contribution in [3.8, 4) is 0 Å². The molecule has 1 saturated heterocycles. The Hall–Kier alpha value is -4.20. The Balaban J connectivity index is 1.31. The molecular weight excluding hydrogens is 528 g/mol. The Morgan fingerprint density at radius 3 is 2.56 bits per heavy atom. The molecule has 0 aliphatic carbocycles. The van der Waals surface area contributed by atoms with Gasteiger partial charge >= 0.3 is 0 Å². The monoisotopic (exact) mass is 562 g/mol. The number of anilines is 2. The minimum absolute atomic E-state index is 0.146. The minimum atomic E-state index is -0.187. The van der Waals surface area contributed by atoms with E-state index < -0.39 is 0 Å². The summed E-state index contributed by atoms with van der Waals surface area (Å²) < 4.78 is 0. The highest BCUT2D eigenvalue weighted by Crippen LogP contribution is 2.38. The number of nitrogens with zero attached hydrogens (tertiary/aromatic N) is 1. The van der Waals surface area contributed by atoms with Gasteiger partial charge in [0.25, 0.3) is 11.8 Å². The normalized spacial score (nSPS) is 17.0. The Morgan fingerprint density at radius 2 is 1.78 bits per heavy atom. The topological polar surface area (TPSA) is 73.5 Å². The molecule has 6 rings (SSSR count). The number of amides is 2. The molecular formula is C34H34N4O2S. The van der Waals surface area contributed by atoms with Crippen LogP contribution in [0.1, 0.15) is 64.8 Å².